The lowest BCUT2D eigenvalue weighted by atomic mass is 9.93. The number of aryl methyl sites for hydroxylation is 1. The third-order valence-electron chi connectivity index (χ3n) is 9.06. The molecule has 1 N–H and O–H groups in total. The van der Waals surface area contributed by atoms with Crippen LogP contribution < -0.4 is 10.5 Å². The van der Waals surface area contributed by atoms with Crippen molar-refractivity contribution in [1.29, 1.82) is 5.26 Å². The van der Waals surface area contributed by atoms with Gasteiger partial charge in [-0.25, -0.2) is 0 Å². The van der Waals surface area contributed by atoms with Crippen LogP contribution in [0.5, 0.6) is 0 Å². The number of anilines is 1. The van der Waals surface area contributed by atoms with E-state index in [1.54, 1.807) is 22.7 Å². The lowest BCUT2D eigenvalue weighted by molar-refractivity contribution is -0.126. The number of aromatic amines is 1. The van der Waals surface area contributed by atoms with Gasteiger partial charge in [0.1, 0.15) is 11.6 Å². The Kier molecular flexibility index (Phi) is 9.74. The van der Waals surface area contributed by atoms with E-state index in [9.17, 15) is 14.9 Å². The molecule has 11 heteroatoms. The van der Waals surface area contributed by atoms with Gasteiger partial charge in [-0.3, -0.25) is 29.2 Å². The van der Waals surface area contributed by atoms with E-state index in [2.05, 4.69) is 39.5 Å². The summed E-state index contributed by atoms with van der Waals surface area (Å²) in [4.78, 5) is 40.3. The summed E-state index contributed by atoms with van der Waals surface area (Å²) in [6, 6.07) is 9.78. The summed E-state index contributed by atoms with van der Waals surface area (Å²) in [7, 11) is 1.69. The first-order valence-electron chi connectivity index (χ1n) is 16.0. The molecule has 1 aliphatic rings. The van der Waals surface area contributed by atoms with Crippen molar-refractivity contribution in [1.82, 2.24) is 19.7 Å². The van der Waals surface area contributed by atoms with Crippen molar-refractivity contribution in [2.75, 3.05) is 31.6 Å². The van der Waals surface area contributed by atoms with Crippen molar-refractivity contribution in [2.45, 2.75) is 47.6 Å². The summed E-state index contributed by atoms with van der Waals surface area (Å²) in [6.45, 7) is 20.7. The number of benzene rings is 2. The molecular formula is C37H41ClN8O2. The van der Waals surface area contributed by atoms with Crippen LogP contribution in [0.15, 0.2) is 63.6 Å². The Hall–Kier alpha value is -5.01. The number of nitrogens with one attached hydrogen (secondary N) is 1. The Bertz CT molecular complexity index is 2130. The number of aliphatic imine (C=N–C) groups is 2. The first-order valence-corrected chi connectivity index (χ1v) is 16.4. The minimum atomic E-state index is -0.498. The van der Waals surface area contributed by atoms with E-state index in [0.29, 0.717) is 63.9 Å². The highest BCUT2D eigenvalue weighted by Gasteiger charge is 2.33. The molecule has 3 heterocycles. The zero-order valence-corrected chi connectivity index (χ0v) is 29.3. The number of H-pyrrole nitrogens is 1. The summed E-state index contributed by atoms with van der Waals surface area (Å²) in [5.74, 6) is -0.368. The van der Waals surface area contributed by atoms with Crippen LogP contribution in [0.3, 0.4) is 0 Å². The number of fused-ring (bicyclic) bond motifs is 2. The number of carbonyl (C=O) groups excluding carboxylic acids is 1. The summed E-state index contributed by atoms with van der Waals surface area (Å²) >= 11 is 7.21. The Morgan fingerprint density at radius 3 is 2.50 bits per heavy atom. The van der Waals surface area contributed by atoms with Crippen molar-refractivity contribution in [3.63, 3.8) is 0 Å². The van der Waals surface area contributed by atoms with Gasteiger partial charge in [-0.1, -0.05) is 51.9 Å². The maximum absolute atomic E-state index is 14.9. The lowest BCUT2D eigenvalue weighted by Crippen LogP contribution is -2.54. The van der Waals surface area contributed by atoms with Crippen molar-refractivity contribution < 1.29 is 4.79 Å². The fourth-order valence-corrected chi connectivity index (χ4v) is 7.10. The van der Waals surface area contributed by atoms with E-state index >= 15 is 0 Å². The van der Waals surface area contributed by atoms with Gasteiger partial charge in [-0.15, -0.1) is 0 Å². The monoisotopic (exact) mass is 664 g/mol. The molecule has 1 atom stereocenters. The normalized spacial score (nSPS) is 16.1. The maximum Gasteiger partial charge on any atom is 0.275 e. The maximum atomic E-state index is 14.9. The number of nitriles is 1. The van der Waals surface area contributed by atoms with E-state index in [0.717, 1.165) is 22.0 Å². The van der Waals surface area contributed by atoms with E-state index in [-0.39, 0.29) is 29.3 Å². The van der Waals surface area contributed by atoms with Gasteiger partial charge in [-0.2, -0.15) is 10.4 Å². The van der Waals surface area contributed by atoms with Crippen LogP contribution in [-0.2, 0) is 4.79 Å². The fraction of sp³-hybridized carbons (Fsp3) is 0.351. The summed E-state index contributed by atoms with van der Waals surface area (Å²) in [6.07, 6.45) is 3.07. The van der Waals surface area contributed by atoms with Crippen LogP contribution in [0.1, 0.15) is 45.7 Å². The molecule has 4 aromatic rings. The zero-order chi connectivity index (χ0) is 35.0. The number of hydrogen-bond acceptors (Lipinski definition) is 7. The molecule has 48 heavy (non-hydrogen) atoms. The molecule has 1 aliphatic heterocycles. The molecule has 1 amide bonds. The highest BCUT2D eigenvalue weighted by atomic mass is 35.5. The third-order valence-corrected chi connectivity index (χ3v) is 9.38. The van der Waals surface area contributed by atoms with Crippen LogP contribution in [0.4, 0.5) is 5.69 Å². The number of rotatable bonds is 8. The van der Waals surface area contributed by atoms with Crippen molar-refractivity contribution in [3.8, 4) is 17.2 Å². The van der Waals surface area contributed by atoms with E-state index in [1.165, 1.54) is 6.08 Å². The Labute approximate surface area is 285 Å². The summed E-state index contributed by atoms with van der Waals surface area (Å²) in [5.41, 5.74) is 5.66. The number of piperazine rings is 1. The van der Waals surface area contributed by atoms with Gasteiger partial charge >= 0.3 is 0 Å². The average molecular weight is 665 g/mol. The quantitative estimate of drug-likeness (QED) is 0.163. The molecule has 5 rings (SSSR count). The number of aromatic nitrogens is 3. The molecule has 0 unspecified atom stereocenters. The molecule has 10 nitrogen and oxygen atoms in total. The van der Waals surface area contributed by atoms with E-state index in [4.69, 9.17) is 11.6 Å². The molecule has 2 aromatic heterocycles. The summed E-state index contributed by atoms with van der Waals surface area (Å²) in [5, 5.41) is 20.0. The van der Waals surface area contributed by atoms with Crippen molar-refractivity contribution in [3.05, 3.63) is 75.3 Å². The largest absolute Gasteiger partial charge is 0.363 e. The number of allylic oxidation sites excluding steroid dienone is 2. The summed E-state index contributed by atoms with van der Waals surface area (Å²) < 4.78 is 1.58. The van der Waals surface area contributed by atoms with Crippen LogP contribution in [0.25, 0.3) is 38.6 Å². The van der Waals surface area contributed by atoms with Crippen LogP contribution >= 0.6 is 11.6 Å². The number of amides is 1. The number of hydrogen-bond donors (Lipinski definition) is 1. The topological polar surface area (TPSA) is 123 Å². The van der Waals surface area contributed by atoms with Crippen molar-refractivity contribution in [2.24, 2.45) is 21.8 Å². The van der Waals surface area contributed by atoms with Gasteiger partial charge < -0.3 is 9.80 Å². The van der Waals surface area contributed by atoms with Gasteiger partial charge in [-0.05, 0) is 67.8 Å². The fourth-order valence-electron chi connectivity index (χ4n) is 6.84. The zero-order valence-electron chi connectivity index (χ0n) is 28.6. The van der Waals surface area contributed by atoms with Crippen LogP contribution in [0, 0.1) is 30.1 Å². The van der Waals surface area contributed by atoms with Crippen LogP contribution in [-0.4, -0.2) is 70.7 Å². The molecule has 248 valence electrons. The van der Waals surface area contributed by atoms with E-state index in [1.807, 2.05) is 70.7 Å². The molecule has 0 spiro atoms. The highest BCUT2D eigenvalue weighted by molar-refractivity contribution is 6.35. The van der Waals surface area contributed by atoms with Gasteiger partial charge in [0.15, 0.2) is 0 Å². The second-order valence-corrected chi connectivity index (χ2v) is 13.2. The Morgan fingerprint density at radius 1 is 1.19 bits per heavy atom. The minimum Gasteiger partial charge on any atom is -0.363 e. The van der Waals surface area contributed by atoms with Gasteiger partial charge in [0.2, 0.25) is 5.91 Å². The molecule has 2 aromatic carbocycles. The number of carbonyl (C=O) groups is 1. The van der Waals surface area contributed by atoms with E-state index < -0.39 is 5.56 Å². The van der Waals surface area contributed by atoms with Gasteiger partial charge in [0.25, 0.3) is 5.56 Å². The molecule has 1 saturated heterocycles. The second-order valence-electron chi connectivity index (χ2n) is 12.8. The first-order chi connectivity index (χ1) is 22.9. The van der Waals surface area contributed by atoms with Gasteiger partial charge in [0, 0.05) is 54.1 Å². The SMILES string of the molecule is C=CC(=O)N1CCN(c2c(C#N)c(=O)n(/C(C(=NC)C(C)C)=C(/N=C)C(C)C)c3cc(-c4c(C)ccc5[nH]ncc45)c(Cl)cc23)[C@@H](C)C1. The molecule has 0 aliphatic carbocycles. The first kappa shape index (κ1) is 34.3. The standard InChI is InChI=1S/C37H41ClN8O2/c1-10-31(47)44-13-14-45(23(7)19-44)35-25-15-28(38)24(32-22(6)11-12-29-27(32)18-42-43-29)16-30(25)46(37(48)26(35)17-39)36(33(40-8)20(2)3)34(41-9)21(4)5/h10-12,15-16,18,20-21,23H,1,8,13-14,19H2,2-7,9H3,(H,42,43)/b36-33+,41-34?/t23-/m0/s1. The van der Waals surface area contributed by atoms with Crippen molar-refractivity contribution >= 4 is 63.1 Å². The minimum absolute atomic E-state index is 0.0290. The smallest absolute Gasteiger partial charge is 0.275 e. The molecule has 0 saturated carbocycles. The predicted molar refractivity (Wildman–Crippen MR) is 197 cm³/mol. The molecule has 1 fully saturated rings. The lowest BCUT2D eigenvalue weighted by Gasteiger charge is -2.41. The van der Waals surface area contributed by atoms with Gasteiger partial charge in [0.05, 0.1) is 40.0 Å². The molecular weight excluding hydrogens is 624 g/mol. The number of halogens is 1. The second kappa shape index (κ2) is 13.6. The average Bonchev–Trinajstić information content (AvgIpc) is 3.53. The number of pyridine rings is 1. The Balaban J connectivity index is 1.98. The van der Waals surface area contributed by atoms with Crippen LogP contribution in [0.2, 0.25) is 5.02 Å². The third kappa shape index (κ3) is 5.73. The number of nitrogens with zero attached hydrogens (tertiary/aromatic N) is 7. The highest BCUT2D eigenvalue weighted by Crippen LogP contribution is 2.42. The Morgan fingerprint density at radius 2 is 1.92 bits per heavy atom. The molecule has 0 radical (unpaired) electrons. The molecule has 0 bridgehead atoms. The predicted octanol–water partition coefficient (Wildman–Crippen LogP) is 6.85.